The minimum atomic E-state index is 0.640. The fourth-order valence-electron chi connectivity index (χ4n) is 2.88. The number of thiophene rings is 1. The van der Waals surface area contributed by atoms with Crippen LogP contribution in [0.25, 0.3) is 11.4 Å². The van der Waals surface area contributed by atoms with Crippen LogP contribution >= 0.6 is 35.2 Å². The number of methoxy groups -OCH3 is 1. The van der Waals surface area contributed by atoms with E-state index >= 15 is 0 Å². The Hall–Kier alpha value is -1.67. The molecule has 0 aliphatic heterocycles. The van der Waals surface area contributed by atoms with Crippen LogP contribution in [-0.2, 0) is 19.8 Å². The normalized spacial score (nSPS) is 11.3. The van der Waals surface area contributed by atoms with Crippen LogP contribution in [0, 0.1) is 4.77 Å². The highest BCUT2D eigenvalue weighted by Gasteiger charge is 2.14. The highest BCUT2D eigenvalue weighted by Crippen LogP contribution is 2.24. The Morgan fingerprint density at radius 3 is 2.48 bits per heavy atom. The van der Waals surface area contributed by atoms with E-state index in [0.29, 0.717) is 6.67 Å². The smallest absolute Gasteiger partial charge is 0.199 e. The van der Waals surface area contributed by atoms with Gasteiger partial charge in [-0.15, -0.1) is 11.3 Å². The van der Waals surface area contributed by atoms with E-state index in [4.69, 9.17) is 33.7 Å². The Labute approximate surface area is 173 Å². The fourth-order valence-corrected chi connectivity index (χ4v) is 4.32. The molecule has 2 heterocycles. The lowest BCUT2D eigenvalue weighted by Gasteiger charge is -2.19. The maximum atomic E-state index is 6.06. The Kier molecular flexibility index (Phi) is 6.70. The predicted molar refractivity (Wildman–Crippen MR) is 114 cm³/mol. The molecule has 1 aromatic carbocycles. The molecule has 27 heavy (non-hydrogen) atoms. The first-order chi connectivity index (χ1) is 13.0. The molecule has 0 atom stereocenters. The zero-order valence-electron chi connectivity index (χ0n) is 15.7. The van der Waals surface area contributed by atoms with Crippen molar-refractivity contribution in [3.63, 3.8) is 0 Å². The van der Waals surface area contributed by atoms with Crippen LogP contribution in [0.15, 0.2) is 36.4 Å². The third kappa shape index (κ3) is 4.60. The van der Waals surface area contributed by atoms with Crippen molar-refractivity contribution in [2.75, 3.05) is 13.7 Å². The number of halogens is 1. The summed E-state index contributed by atoms with van der Waals surface area (Å²) in [5.41, 5.74) is 1.02. The third-order valence-electron chi connectivity index (χ3n) is 4.38. The van der Waals surface area contributed by atoms with E-state index in [-0.39, 0.29) is 0 Å². The molecule has 0 unspecified atom stereocenters. The van der Waals surface area contributed by atoms with Gasteiger partial charge in [-0.3, -0.25) is 4.90 Å². The van der Waals surface area contributed by atoms with Crippen LogP contribution in [0.5, 0.6) is 5.75 Å². The lowest BCUT2D eigenvalue weighted by atomic mass is 10.2. The lowest BCUT2D eigenvalue weighted by molar-refractivity contribution is 0.209. The molecule has 3 rings (SSSR count). The zero-order valence-corrected chi connectivity index (χ0v) is 18.1. The topological polar surface area (TPSA) is 35.2 Å². The number of hydrogen-bond donors (Lipinski definition) is 0. The molecule has 0 aliphatic rings. The van der Waals surface area contributed by atoms with Crippen LogP contribution in [0.3, 0.4) is 0 Å². The molecule has 3 aromatic rings. The van der Waals surface area contributed by atoms with Crippen LogP contribution in [0.1, 0.15) is 18.7 Å². The van der Waals surface area contributed by atoms with Gasteiger partial charge in [-0.05, 0) is 62.1 Å². The van der Waals surface area contributed by atoms with Gasteiger partial charge in [-0.25, -0.2) is 4.68 Å². The number of aromatic nitrogens is 3. The largest absolute Gasteiger partial charge is 0.497 e. The van der Waals surface area contributed by atoms with E-state index in [1.165, 1.54) is 4.88 Å². The molecular formula is C19H23ClN4OS2. The Morgan fingerprint density at radius 1 is 1.19 bits per heavy atom. The maximum absolute atomic E-state index is 6.06. The molecule has 0 N–H and O–H groups in total. The summed E-state index contributed by atoms with van der Waals surface area (Å²) in [7, 11) is 1.66. The maximum Gasteiger partial charge on any atom is 0.199 e. The van der Waals surface area contributed by atoms with Crippen molar-refractivity contribution < 1.29 is 4.74 Å². The molecule has 2 aromatic heterocycles. The van der Waals surface area contributed by atoms with Gasteiger partial charge in [0.1, 0.15) is 5.75 Å². The van der Waals surface area contributed by atoms with Crippen LogP contribution in [0.4, 0.5) is 0 Å². The summed E-state index contributed by atoms with van der Waals surface area (Å²) in [6.07, 6.45) is 0. The summed E-state index contributed by atoms with van der Waals surface area (Å²) in [5.74, 6) is 1.70. The standard InChI is InChI=1S/C19H23ClN4OS2/c1-4-22(12-16-10-11-17(20)27-16)13-24-19(26)23(5-2)18(21-24)14-6-8-15(25-3)9-7-14/h6-11H,4-5,12-13H2,1-3H3. The van der Waals surface area contributed by atoms with Gasteiger partial charge in [0.2, 0.25) is 0 Å². The van der Waals surface area contributed by atoms with Crippen LogP contribution < -0.4 is 4.74 Å². The zero-order chi connectivity index (χ0) is 19.4. The molecule has 0 amide bonds. The second-order valence-corrected chi connectivity index (χ2v) is 8.24. The van der Waals surface area contributed by atoms with Crippen molar-refractivity contribution in [3.8, 4) is 17.1 Å². The predicted octanol–water partition coefficient (Wildman–Crippen LogP) is 5.30. The third-order valence-corrected chi connectivity index (χ3v) is 6.02. The van der Waals surface area contributed by atoms with E-state index in [9.17, 15) is 0 Å². The SMILES string of the molecule is CCN(Cc1ccc(Cl)s1)Cn1nc(-c2ccc(OC)cc2)n(CC)c1=S. The highest BCUT2D eigenvalue weighted by atomic mass is 35.5. The minimum absolute atomic E-state index is 0.640. The van der Waals surface area contributed by atoms with Crippen molar-refractivity contribution in [1.82, 2.24) is 19.2 Å². The molecule has 0 saturated heterocycles. The summed E-state index contributed by atoms with van der Waals surface area (Å²) >= 11 is 13.4. The van der Waals surface area contributed by atoms with Crippen LogP contribution in [-0.4, -0.2) is 32.9 Å². The molecule has 0 bridgehead atoms. The van der Waals surface area contributed by atoms with E-state index in [1.807, 2.05) is 35.0 Å². The van der Waals surface area contributed by atoms with Crippen molar-refractivity contribution in [2.24, 2.45) is 0 Å². The van der Waals surface area contributed by atoms with Crippen LogP contribution in [0.2, 0.25) is 4.34 Å². The average Bonchev–Trinajstić information content (AvgIpc) is 3.24. The summed E-state index contributed by atoms with van der Waals surface area (Å²) < 4.78 is 10.8. The quantitative estimate of drug-likeness (QED) is 0.461. The minimum Gasteiger partial charge on any atom is -0.497 e. The number of rotatable bonds is 8. The monoisotopic (exact) mass is 422 g/mol. The number of nitrogens with zero attached hydrogens (tertiary/aromatic N) is 4. The number of hydrogen-bond acceptors (Lipinski definition) is 5. The summed E-state index contributed by atoms with van der Waals surface area (Å²) in [6, 6.07) is 11.9. The molecule has 5 nitrogen and oxygen atoms in total. The Bertz CT molecular complexity index is 946. The molecule has 0 saturated carbocycles. The summed E-state index contributed by atoms with van der Waals surface area (Å²) in [4.78, 5) is 3.53. The number of ether oxygens (including phenoxy) is 1. The van der Waals surface area contributed by atoms with Gasteiger partial charge in [0.05, 0.1) is 18.1 Å². The van der Waals surface area contributed by atoms with Gasteiger partial charge in [0, 0.05) is 23.5 Å². The fraction of sp³-hybridized carbons (Fsp3) is 0.368. The second-order valence-electron chi connectivity index (χ2n) is 6.07. The first-order valence-corrected chi connectivity index (χ1v) is 10.4. The van der Waals surface area contributed by atoms with Gasteiger partial charge in [0.25, 0.3) is 0 Å². The van der Waals surface area contributed by atoms with Crippen molar-refractivity contribution in [2.45, 2.75) is 33.6 Å². The average molecular weight is 423 g/mol. The van der Waals surface area contributed by atoms with Crippen molar-refractivity contribution in [3.05, 3.63) is 50.4 Å². The van der Waals surface area contributed by atoms with Crippen molar-refractivity contribution >= 4 is 35.2 Å². The molecule has 8 heteroatoms. The van der Waals surface area contributed by atoms with Gasteiger partial charge in [-0.1, -0.05) is 18.5 Å². The molecule has 0 fully saturated rings. The van der Waals surface area contributed by atoms with Gasteiger partial charge < -0.3 is 9.30 Å². The molecule has 0 spiro atoms. The molecular weight excluding hydrogens is 400 g/mol. The Morgan fingerprint density at radius 2 is 1.93 bits per heavy atom. The van der Waals surface area contributed by atoms with E-state index < -0.39 is 0 Å². The van der Waals surface area contributed by atoms with Gasteiger partial charge in [-0.2, -0.15) is 5.10 Å². The van der Waals surface area contributed by atoms with E-state index in [2.05, 4.69) is 29.4 Å². The second kappa shape index (κ2) is 9.01. The van der Waals surface area contributed by atoms with E-state index in [0.717, 1.165) is 45.9 Å². The first-order valence-electron chi connectivity index (χ1n) is 8.84. The van der Waals surface area contributed by atoms with Gasteiger partial charge >= 0.3 is 0 Å². The number of benzene rings is 1. The molecule has 0 aliphatic carbocycles. The van der Waals surface area contributed by atoms with Crippen molar-refractivity contribution in [1.29, 1.82) is 0 Å². The van der Waals surface area contributed by atoms with E-state index in [1.54, 1.807) is 18.4 Å². The molecule has 0 radical (unpaired) electrons. The first kappa shape index (κ1) is 20.1. The lowest BCUT2D eigenvalue weighted by Crippen LogP contribution is -2.26. The molecule has 144 valence electrons. The van der Waals surface area contributed by atoms with Gasteiger partial charge in [0.15, 0.2) is 10.6 Å². The highest BCUT2D eigenvalue weighted by molar-refractivity contribution is 7.71. The summed E-state index contributed by atoms with van der Waals surface area (Å²) in [6.45, 7) is 7.36. The Balaban J connectivity index is 1.86. The summed E-state index contributed by atoms with van der Waals surface area (Å²) in [5, 5.41) is 4.81.